The number of aryl methyl sites for hydroxylation is 1. The van der Waals surface area contributed by atoms with Gasteiger partial charge in [-0.05, 0) is 80.1 Å². The lowest BCUT2D eigenvalue weighted by atomic mass is 10.0. The van der Waals surface area contributed by atoms with Gasteiger partial charge in [0.25, 0.3) is 0 Å². The number of carbonyl (C=O) groups is 1. The van der Waals surface area contributed by atoms with Crippen molar-refractivity contribution in [2.75, 3.05) is 26.8 Å². The van der Waals surface area contributed by atoms with E-state index in [4.69, 9.17) is 9.47 Å². The number of rotatable bonds is 10. The molecule has 0 saturated heterocycles. The summed E-state index contributed by atoms with van der Waals surface area (Å²) in [5.74, 6) is 1.08. The first-order valence-electron chi connectivity index (χ1n) is 12.5. The fourth-order valence-corrected chi connectivity index (χ4v) is 7.06. The maximum Gasteiger partial charge on any atom is 0.243 e. The highest BCUT2D eigenvalue weighted by Gasteiger charge is 2.36. The standard InChI is InChI=1S/C28H34N2O5S2/c1-5-21(3)30(37(32,33)24-12-10-22(34-4)11-13-24)18-28(31)29-16-14-27-25(15-17-36-27)26(29)19-35-23-8-6-20(2)7-9-23/h6-13,15,17,21,26H,5,14,16,18-19H2,1-4H3/t21-,26+/m1/s1. The van der Waals surface area contributed by atoms with Crippen LogP contribution < -0.4 is 9.47 Å². The Morgan fingerprint density at radius 2 is 1.78 bits per heavy atom. The van der Waals surface area contributed by atoms with Crippen LogP contribution >= 0.6 is 11.3 Å². The van der Waals surface area contributed by atoms with Crippen LogP contribution in [0.2, 0.25) is 0 Å². The van der Waals surface area contributed by atoms with Gasteiger partial charge >= 0.3 is 0 Å². The molecule has 7 nitrogen and oxygen atoms in total. The topological polar surface area (TPSA) is 76.2 Å². The molecule has 2 atom stereocenters. The number of thiophene rings is 1. The number of amides is 1. The molecule has 0 aliphatic carbocycles. The van der Waals surface area contributed by atoms with Gasteiger partial charge in [-0.3, -0.25) is 4.79 Å². The van der Waals surface area contributed by atoms with Gasteiger partial charge in [-0.25, -0.2) is 8.42 Å². The summed E-state index contributed by atoms with van der Waals surface area (Å²) in [7, 11) is -2.36. The number of ether oxygens (including phenoxy) is 2. The molecule has 4 rings (SSSR count). The largest absolute Gasteiger partial charge is 0.497 e. The molecule has 0 N–H and O–H groups in total. The van der Waals surface area contributed by atoms with Crippen molar-refractivity contribution in [3.05, 3.63) is 76.0 Å². The van der Waals surface area contributed by atoms with Gasteiger partial charge in [0.05, 0.1) is 24.6 Å². The zero-order valence-electron chi connectivity index (χ0n) is 21.7. The molecular formula is C28H34N2O5S2. The van der Waals surface area contributed by atoms with Crippen molar-refractivity contribution in [3.8, 4) is 11.5 Å². The highest BCUT2D eigenvalue weighted by molar-refractivity contribution is 7.89. The molecule has 37 heavy (non-hydrogen) atoms. The summed E-state index contributed by atoms with van der Waals surface area (Å²) < 4.78 is 39.8. The molecule has 198 valence electrons. The third-order valence-corrected chi connectivity index (χ3v) is 9.85. The minimum Gasteiger partial charge on any atom is -0.497 e. The number of hydrogen-bond acceptors (Lipinski definition) is 6. The Kier molecular flexibility index (Phi) is 8.56. The maximum absolute atomic E-state index is 13.8. The van der Waals surface area contributed by atoms with Crippen LogP contribution in [-0.4, -0.2) is 56.4 Å². The SMILES string of the molecule is CC[C@@H](C)N(CC(=O)N1CCc2sccc2[C@@H]1COc1ccc(C)cc1)S(=O)(=O)c1ccc(OC)cc1. The summed E-state index contributed by atoms with van der Waals surface area (Å²) in [5.41, 5.74) is 2.22. The fraction of sp³-hybridized carbons (Fsp3) is 0.393. The van der Waals surface area contributed by atoms with Gasteiger partial charge < -0.3 is 14.4 Å². The van der Waals surface area contributed by atoms with Crippen LogP contribution in [0.25, 0.3) is 0 Å². The van der Waals surface area contributed by atoms with Gasteiger partial charge in [0.1, 0.15) is 18.1 Å². The fourth-order valence-electron chi connectivity index (χ4n) is 4.47. The van der Waals surface area contributed by atoms with E-state index in [1.807, 2.05) is 56.5 Å². The average Bonchev–Trinajstić information content (AvgIpc) is 3.40. The third kappa shape index (κ3) is 6.00. The van der Waals surface area contributed by atoms with Gasteiger partial charge in [0.15, 0.2) is 0 Å². The summed E-state index contributed by atoms with van der Waals surface area (Å²) >= 11 is 1.68. The second-order valence-electron chi connectivity index (χ2n) is 9.26. The van der Waals surface area contributed by atoms with E-state index >= 15 is 0 Å². The van der Waals surface area contributed by atoms with E-state index in [1.165, 1.54) is 28.4 Å². The van der Waals surface area contributed by atoms with E-state index in [9.17, 15) is 13.2 Å². The van der Waals surface area contributed by atoms with E-state index in [-0.39, 0.29) is 29.4 Å². The van der Waals surface area contributed by atoms with Crippen LogP contribution in [-0.2, 0) is 21.2 Å². The Morgan fingerprint density at radius 3 is 2.43 bits per heavy atom. The maximum atomic E-state index is 13.8. The lowest BCUT2D eigenvalue weighted by Gasteiger charge is -2.37. The summed E-state index contributed by atoms with van der Waals surface area (Å²) in [5, 5.41) is 2.04. The molecule has 2 aromatic carbocycles. The summed E-state index contributed by atoms with van der Waals surface area (Å²) in [6, 6.07) is 15.5. The normalized spacial score (nSPS) is 16.4. The quantitative estimate of drug-likeness (QED) is 0.358. The Morgan fingerprint density at radius 1 is 1.11 bits per heavy atom. The zero-order valence-corrected chi connectivity index (χ0v) is 23.3. The molecule has 1 aliphatic heterocycles. The predicted molar refractivity (Wildman–Crippen MR) is 146 cm³/mol. The second-order valence-corrected chi connectivity index (χ2v) is 12.2. The molecule has 1 aliphatic rings. The number of benzene rings is 2. The van der Waals surface area contributed by atoms with E-state index in [0.29, 0.717) is 25.3 Å². The third-order valence-electron chi connectivity index (χ3n) is 6.88. The predicted octanol–water partition coefficient (Wildman–Crippen LogP) is 5.06. The molecule has 3 aromatic rings. The van der Waals surface area contributed by atoms with Crippen LogP contribution in [0.5, 0.6) is 11.5 Å². The minimum atomic E-state index is -3.90. The van der Waals surface area contributed by atoms with Crippen molar-refractivity contribution in [3.63, 3.8) is 0 Å². The van der Waals surface area contributed by atoms with Gasteiger partial charge in [0.2, 0.25) is 15.9 Å². The monoisotopic (exact) mass is 542 g/mol. The first-order valence-corrected chi connectivity index (χ1v) is 14.8. The summed E-state index contributed by atoms with van der Waals surface area (Å²) in [6.45, 7) is 6.36. The first-order chi connectivity index (χ1) is 17.7. The first kappa shape index (κ1) is 27.2. The molecule has 0 radical (unpaired) electrons. The van der Waals surface area contributed by atoms with Crippen LogP contribution in [0.4, 0.5) is 0 Å². The molecule has 2 heterocycles. The lowest BCUT2D eigenvalue weighted by molar-refractivity contribution is -0.135. The van der Waals surface area contributed by atoms with Crippen molar-refractivity contribution in [2.45, 2.75) is 50.6 Å². The molecule has 9 heteroatoms. The van der Waals surface area contributed by atoms with E-state index < -0.39 is 10.0 Å². The Hall–Kier alpha value is -2.88. The van der Waals surface area contributed by atoms with E-state index in [1.54, 1.807) is 28.4 Å². The molecule has 0 fully saturated rings. The highest BCUT2D eigenvalue weighted by atomic mass is 32.2. The lowest BCUT2D eigenvalue weighted by Crippen LogP contribution is -2.49. The Bertz CT molecular complexity index is 1300. The van der Waals surface area contributed by atoms with Gasteiger partial charge in [-0.15, -0.1) is 11.3 Å². The van der Waals surface area contributed by atoms with Gasteiger partial charge in [-0.2, -0.15) is 4.31 Å². The highest BCUT2D eigenvalue weighted by Crippen LogP contribution is 2.34. The number of sulfonamides is 1. The van der Waals surface area contributed by atoms with E-state index in [2.05, 4.69) is 0 Å². The Balaban J connectivity index is 1.58. The van der Waals surface area contributed by atoms with Crippen molar-refractivity contribution in [1.82, 2.24) is 9.21 Å². The number of fused-ring (bicyclic) bond motifs is 1. The molecule has 1 amide bonds. The minimum absolute atomic E-state index is 0.138. The average molecular weight is 543 g/mol. The number of hydrogen-bond donors (Lipinski definition) is 0. The second kappa shape index (κ2) is 11.7. The zero-order chi connectivity index (χ0) is 26.6. The Labute approximate surface area is 223 Å². The van der Waals surface area contributed by atoms with Gasteiger partial charge in [0, 0.05) is 17.5 Å². The summed E-state index contributed by atoms with van der Waals surface area (Å²) in [4.78, 5) is 16.9. The number of methoxy groups -OCH3 is 1. The molecular weight excluding hydrogens is 508 g/mol. The van der Waals surface area contributed by atoms with E-state index in [0.717, 1.165) is 23.3 Å². The van der Waals surface area contributed by atoms with Crippen LogP contribution in [0.15, 0.2) is 64.9 Å². The molecule has 0 saturated carbocycles. The van der Waals surface area contributed by atoms with Crippen LogP contribution in [0.3, 0.4) is 0 Å². The number of carbonyl (C=O) groups excluding carboxylic acids is 1. The van der Waals surface area contributed by atoms with Crippen molar-refractivity contribution in [2.24, 2.45) is 0 Å². The molecule has 0 bridgehead atoms. The molecule has 0 unspecified atom stereocenters. The van der Waals surface area contributed by atoms with Crippen LogP contribution in [0, 0.1) is 6.92 Å². The van der Waals surface area contributed by atoms with Crippen molar-refractivity contribution in [1.29, 1.82) is 0 Å². The summed E-state index contributed by atoms with van der Waals surface area (Å²) in [6.07, 6.45) is 1.33. The van der Waals surface area contributed by atoms with Crippen molar-refractivity contribution < 1.29 is 22.7 Å². The van der Waals surface area contributed by atoms with Gasteiger partial charge in [-0.1, -0.05) is 24.6 Å². The smallest absolute Gasteiger partial charge is 0.243 e. The molecule has 1 aromatic heterocycles. The van der Waals surface area contributed by atoms with Crippen LogP contribution in [0.1, 0.15) is 42.3 Å². The van der Waals surface area contributed by atoms with Crippen molar-refractivity contribution >= 4 is 27.3 Å². The number of nitrogens with zero attached hydrogens (tertiary/aromatic N) is 2. The molecule has 0 spiro atoms.